The molecule has 1 aliphatic rings. The van der Waals surface area contributed by atoms with Crippen LogP contribution in [0.25, 0.3) is 0 Å². The van der Waals surface area contributed by atoms with Crippen molar-refractivity contribution in [2.45, 2.75) is 19.0 Å². The number of H-pyrrole nitrogens is 1. The minimum absolute atomic E-state index is 0.251. The predicted molar refractivity (Wildman–Crippen MR) is 90.2 cm³/mol. The summed E-state index contributed by atoms with van der Waals surface area (Å²) in [5.74, 6) is -0.311. The normalized spacial score (nSPS) is 17.7. The van der Waals surface area contributed by atoms with E-state index in [0.29, 0.717) is 17.1 Å². The Bertz CT molecular complexity index is 849. The third-order valence-electron chi connectivity index (χ3n) is 4.37. The number of hydrogen-bond donors (Lipinski definition) is 1. The number of imidazole rings is 1. The number of aromatic nitrogens is 3. The predicted octanol–water partition coefficient (Wildman–Crippen LogP) is 3.74. The molecule has 1 N–H and O–H groups in total. The Balaban J connectivity index is 1.75. The smallest absolute Gasteiger partial charge is 0.129 e. The summed E-state index contributed by atoms with van der Waals surface area (Å²) in [4.78, 5) is 14.2. The van der Waals surface area contributed by atoms with E-state index < -0.39 is 0 Å². The van der Waals surface area contributed by atoms with E-state index in [4.69, 9.17) is 11.6 Å². The second kappa shape index (κ2) is 6.34. The number of pyridine rings is 1. The molecule has 6 heteroatoms. The molecule has 1 atom stereocenters. The van der Waals surface area contributed by atoms with E-state index in [2.05, 4.69) is 19.9 Å². The Kier molecular flexibility index (Phi) is 4.04. The number of halogens is 2. The van der Waals surface area contributed by atoms with Crippen LogP contribution < -0.4 is 0 Å². The highest BCUT2D eigenvalue weighted by Gasteiger charge is 2.32. The summed E-state index contributed by atoms with van der Waals surface area (Å²) >= 11 is 5.92. The maximum absolute atomic E-state index is 14.6. The second-order valence-electron chi connectivity index (χ2n) is 5.88. The van der Waals surface area contributed by atoms with Crippen LogP contribution in [0.15, 0.2) is 48.9 Å². The van der Waals surface area contributed by atoms with Gasteiger partial charge in [0.05, 0.1) is 23.8 Å². The highest BCUT2D eigenvalue weighted by molar-refractivity contribution is 6.30. The zero-order valence-corrected chi connectivity index (χ0v) is 13.7. The lowest BCUT2D eigenvalue weighted by Gasteiger charge is -2.35. The van der Waals surface area contributed by atoms with Crippen LogP contribution in [-0.4, -0.2) is 26.4 Å². The molecule has 0 aliphatic carbocycles. The summed E-state index contributed by atoms with van der Waals surface area (Å²) in [6.07, 6.45) is 4.31. The summed E-state index contributed by atoms with van der Waals surface area (Å²) in [5, 5.41) is 0.394. The van der Waals surface area contributed by atoms with Crippen LogP contribution in [0.4, 0.5) is 4.39 Å². The van der Waals surface area contributed by atoms with E-state index in [1.165, 1.54) is 6.07 Å². The van der Waals surface area contributed by atoms with Crippen LogP contribution >= 0.6 is 11.6 Å². The highest BCUT2D eigenvalue weighted by atomic mass is 35.5. The summed E-state index contributed by atoms with van der Waals surface area (Å²) in [6, 6.07) is 10.4. The lowest BCUT2D eigenvalue weighted by atomic mass is 9.95. The van der Waals surface area contributed by atoms with Gasteiger partial charge in [-0.2, -0.15) is 0 Å². The van der Waals surface area contributed by atoms with E-state index in [0.717, 1.165) is 30.0 Å². The Labute approximate surface area is 144 Å². The van der Waals surface area contributed by atoms with Gasteiger partial charge in [-0.15, -0.1) is 0 Å². The molecule has 0 fully saturated rings. The monoisotopic (exact) mass is 342 g/mol. The van der Waals surface area contributed by atoms with Crippen molar-refractivity contribution < 1.29 is 4.39 Å². The number of benzene rings is 1. The lowest BCUT2D eigenvalue weighted by molar-refractivity contribution is 0.194. The van der Waals surface area contributed by atoms with E-state index in [9.17, 15) is 4.39 Å². The van der Waals surface area contributed by atoms with Crippen LogP contribution in [0.3, 0.4) is 0 Å². The fraction of sp³-hybridized carbons (Fsp3) is 0.222. The van der Waals surface area contributed by atoms with Crippen LogP contribution in [0.1, 0.15) is 28.7 Å². The van der Waals surface area contributed by atoms with Gasteiger partial charge in [0.1, 0.15) is 5.82 Å². The van der Waals surface area contributed by atoms with Crippen molar-refractivity contribution in [3.8, 4) is 0 Å². The van der Waals surface area contributed by atoms with E-state index in [-0.39, 0.29) is 11.9 Å². The first kappa shape index (κ1) is 15.3. The Morgan fingerprint density at radius 2 is 2.17 bits per heavy atom. The number of fused-ring (bicyclic) bond motifs is 1. The van der Waals surface area contributed by atoms with E-state index in [1.807, 2.05) is 18.2 Å². The second-order valence-corrected chi connectivity index (χ2v) is 6.31. The molecule has 1 aromatic carbocycles. The minimum atomic E-state index is -0.311. The molecule has 0 radical (unpaired) electrons. The zero-order chi connectivity index (χ0) is 16.5. The molecule has 24 heavy (non-hydrogen) atoms. The largest absolute Gasteiger partial charge is 0.348 e. The zero-order valence-electron chi connectivity index (χ0n) is 12.9. The molecule has 0 bridgehead atoms. The van der Waals surface area contributed by atoms with Gasteiger partial charge in [-0.25, -0.2) is 9.37 Å². The van der Waals surface area contributed by atoms with Crippen molar-refractivity contribution in [3.63, 3.8) is 0 Å². The van der Waals surface area contributed by atoms with Crippen LogP contribution in [-0.2, 0) is 13.0 Å². The van der Waals surface area contributed by atoms with Gasteiger partial charge in [-0.3, -0.25) is 9.88 Å². The van der Waals surface area contributed by atoms with Crippen LogP contribution in [0.5, 0.6) is 0 Å². The first-order valence-electron chi connectivity index (χ1n) is 7.83. The average molecular weight is 343 g/mol. The topological polar surface area (TPSA) is 44.8 Å². The molecule has 0 saturated heterocycles. The van der Waals surface area contributed by atoms with Crippen LogP contribution in [0, 0.1) is 5.82 Å². The van der Waals surface area contributed by atoms with Crippen molar-refractivity contribution in [1.29, 1.82) is 0 Å². The first-order valence-corrected chi connectivity index (χ1v) is 8.21. The molecule has 0 saturated carbocycles. The van der Waals surface area contributed by atoms with E-state index in [1.54, 1.807) is 24.7 Å². The summed E-state index contributed by atoms with van der Waals surface area (Å²) in [7, 11) is 0. The van der Waals surface area contributed by atoms with Gasteiger partial charge < -0.3 is 4.98 Å². The van der Waals surface area contributed by atoms with Gasteiger partial charge in [0.2, 0.25) is 0 Å². The highest BCUT2D eigenvalue weighted by Crippen LogP contribution is 2.36. The van der Waals surface area contributed by atoms with E-state index >= 15 is 0 Å². The summed E-state index contributed by atoms with van der Waals surface area (Å²) in [6.45, 7) is 1.44. The Hall–Kier alpha value is -2.24. The van der Waals surface area contributed by atoms with Gasteiger partial charge >= 0.3 is 0 Å². The molecule has 4 nitrogen and oxygen atoms in total. The molecule has 3 aromatic rings. The lowest BCUT2D eigenvalue weighted by Crippen LogP contribution is -2.36. The van der Waals surface area contributed by atoms with Gasteiger partial charge in [-0.05, 0) is 24.3 Å². The van der Waals surface area contributed by atoms with Crippen molar-refractivity contribution in [2.24, 2.45) is 0 Å². The molecule has 3 heterocycles. The molecule has 0 amide bonds. The standard InChI is InChI=1S/C18H16ClFN4/c19-12-4-5-14(15(20)9-12)18-17-16(22-11-23-17)6-8-24(18)10-13-3-1-2-7-21-13/h1-5,7,9,11,18H,6,8,10H2,(H,22,23). The third kappa shape index (κ3) is 2.81. The number of nitrogens with zero attached hydrogens (tertiary/aromatic N) is 3. The first-order chi connectivity index (χ1) is 11.7. The summed E-state index contributed by atoms with van der Waals surface area (Å²) < 4.78 is 14.6. The minimum Gasteiger partial charge on any atom is -0.348 e. The quantitative estimate of drug-likeness (QED) is 0.788. The molecule has 122 valence electrons. The number of nitrogens with one attached hydrogen (secondary N) is 1. The Morgan fingerprint density at radius 1 is 1.25 bits per heavy atom. The maximum Gasteiger partial charge on any atom is 0.129 e. The molecule has 0 spiro atoms. The molecular weight excluding hydrogens is 327 g/mol. The van der Waals surface area contributed by atoms with Gasteiger partial charge in [-0.1, -0.05) is 23.7 Å². The van der Waals surface area contributed by atoms with Crippen molar-refractivity contribution >= 4 is 11.6 Å². The molecule has 1 unspecified atom stereocenters. The average Bonchev–Trinajstić information content (AvgIpc) is 3.05. The number of hydrogen-bond acceptors (Lipinski definition) is 3. The van der Waals surface area contributed by atoms with Crippen molar-refractivity contribution in [1.82, 2.24) is 19.9 Å². The molecule has 2 aromatic heterocycles. The van der Waals surface area contributed by atoms with Gasteiger partial charge in [0.15, 0.2) is 0 Å². The van der Waals surface area contributed by atoms with Gasteiger partial charge in [0.25, 0.3) is 0 Å². The summed E-state index contributed by atoms with van der Waals surface area (Å²) in [5.41, 5.74) is 3.48. The SMILES string of the molecule is Fc1cc(Cl)ccc1C1c2nc[nH]c2CCN1Cc1ccccn1. The molecular formula is C18H16ClFN4. The third-order valence-corrected chi connectivity index (χ3v) is 4.61. The maximum atomic E-state index is 14.6. The van der Waals surface area contributed by atoms with Gasteiger partial charge in [0, 0.05) is 42.0 Å². The molecule has 4 rings (SSSR count). The van der Waals surface area contributed by atoms with Crippen molar-refractivity contribution in [3.05, 3.63) is 82.4 Å². The fourth-order valence-corrected chi connectivity index (χ4v) is 3.42. The number of aromatic amines is 1. The Morgan fingerprint density at radius 3 is 2.96 bits per heavy atom. The molecule has 1 aliphatic heterocycles. The fourth-order valence-electron chi connectivity index (χ4n) is 3.26. The number of rotatable bonds is 3. The van der Waals surface area contributed by atoms with Crippen LogP contribution in [0.2, 0.25) is 5.02 Å². The van der Waals surface area contributed by atoms with Crippen molar-refractivity contribution in [2.75, 3.05) is 6.54 Å².